The minimum Gasteiger partial charge on any atom is -0.349 e. The molecule has 7 nitrogen and oxygen atoms in total. The molecule has 9 heteroatoms. The van der Waals surface area contributed by atoms with Crippen molar-refractivity contribution in [1.82, 2.24) is 9.62 Å². The van der Waals surface area contributed by atoms with Gasteiger partial charge >= 0.3 is 0 Å². The van der Waals surface area contributed by atoms with E-state index in [-0.39, 0.29) is 22.8 Å². The third-order valence-electron chi connectivity index (χ3n) is 5.76. The van der Waals surface area contributed by atoms with Crippen molar-refractivity contribution in [2.45, 2.75) is 36.6 Å². The Morgan fingerprint density at radius 2 is 1.61 bits per heavy atom. The molecular formula is C22H24FN3O4S. The van der Waals surface area contributed by atoms with Gasteiger partial charge in [-0.2, -0.15) is 4.31 Å². The number of hydrogen-bond donors (Lipinski definition) is 1. The smallest absolute Gasteiger partial charge is 0.251 e. The number of hydrogen-bond acceptors (Lipinski definition) is 4. The molecular weight excluding hydrogens is 421 g/mol. The number of benzene rings is 2. The molecule has 164 valence electrons. The number of nitrogens with zero attached hydrogens (tertiary/aromatic N) is 2. The van der Waals surface area contributed by atoms with E-state index >= 15 is 0 Å². The second-order valence-corrected chi connectivity index (χ2v) is 9.74. The van der Waals surface area contributed by atoms with Gasteiger partial charge in [-0.1, -0.05) is 0 Å². The summed E-state index contributed by atoms with van der Waals surface area (Å²) in [6.45, 7) is 1.24. The molecule has 1 N–H and O–H groups in total. The van der Waals surface area contributed by atoms with Crippen molar-refractivity contribution in [1.29, 1.82) is 0 Å². The Kier molecular flexibility index (Phi) is 6.06. The van der Waals surface area contributed by atoms with Crippen LogP contribution in [0.4, 0.5) is 10.1 Å². The van der Waals surface area contributed by atoms with E-state index in [1.165, 1.54) is 28.6 Å². The van der Waals surface area contributed by atoms with Gasteiger partial charge in [-0.3, -0.25) is 9.59 Å². The van der Waals surface area contributed by atoms with Crippen molar-refractivity contribution >= 4 is 27.5 Å². The van der Waals surface area contributed by atoms with Gasteiger partial charge in [-0.15, -0.1) is 0 Å². The highest BCUT2D eigenvalue weighted by Gasteiger charge is 2.30. The minimum absolute atomic E-state index is 0.0559. The van der Waals surface area contributed by atoms with Crippen LogP contribution >= 0.6 is 0 Å². The maximum Gasteiger partial charge on any atom is 0.251 e. The second-order valence-electron chi connectivity index (χ2n) is 7.80. The number of anilines is 1. The number of halogens is 1. The average molecular weight is 446 g/mol. The summed E-state index contributed by atoms with van der Waals surface area (Å²) in [7, 11) is -3.65. The molecule has 0 spiro atoms. The van der Waals surface area contributed by atoms with E-state index in [1.54, 1.807) is 29.2 Å². The molecule has 2 amide bonds. The molecule has 4 rings (SSSR count). The molecule has 31 heavy (non-hydrogen) atoms. The van der Waals surface area contributed by atoms with Crippen LogP contribution < -0.4 is 10.2 Å². The van der Waals surface area contributed by atoms with Crippen LogP contribution in [0.3, 0.4) is 0 Å². The Bertz CT molecular complexity index is 1060. The number of sulfonamides is 1. The van der Waals surface area contributed by atoms with Gasteiger partial charge in [0.15, 0.2) is 0 Å². The molecule has 2 fully saturated rings. The van der Waals surface area contributed by atoms with Gasteiger partial charge < -0.3 is 10.2 Å². The van der Waals surface area contributed by atoms with Crippen molar-refractivity contribution in [2.75, 3.05) is 24.5 Å². The zero-order valence-electron chi connectivity index (χ0n) is 17.0. The van der Waals surface area contributed by atoms with Crippen LogP contribution in [0.2, 0.25) is 0 Å². The monoisotopic (exact) mass is 445 g/mol. The summed E-state index contributed by atoms with van der Waals surface area (Å²) in [4.78, 5) is 26.0. The van der Waals surface area contributed by atoms with E-state index in [2.05, 4.69) is 5.32 Å². The molecule has 0 unspecified atom stereocenters. The van der Waals surface area contributed by atoms with E-state index in [0.29, 0.717) is 50.1 Å². The molecule has 2 aromatic rings. The van der Waals surface area contributed by atoms with E-state index in [4.69, 9.17) is 0 Å². The summed E-state index contributed by atoms with van der Waals surface area (Å²) < 4.78 is 40.4. The quantitative estimate of drug-likeness (QED) is 0.766. The second kappa shape index (κ2) is 8.76. The maximum absolute atomic E-state index is 13.0. The van der Waals surface area contributed by atoms with Crippen LogP contribution in [-0.2, 0) is 14.8 Å². The molecule has 2 heterocycles. The molecule has 0 aliphatic carbocycles. The SMILES string of the molecule is O=C(NC1CCN(S(=O)(=O)c2ccc(N3CCCC3=O)cc2)CC1)c1ccc(F)cc1. The third-order valence-corrected chi connectivity index (χ3v) is 7.67. The Morgan fingerprint density at radius 3 is 2.19 bits per heavy atom. The van der Waals surface area contributed by atoms with Crippen molar-refractivity contribution in [2.24, 2.45) is 0 Å². The van der Waals surface area contributed by atoms with Crippen LogP contribution in [0, 0.1) is 5.82 Å². The number of rotatable bonds is 5. The fourth-order valence-electron chi connectivity index (χ4n) is 3.98. The largest absolute Gasteiger partial charge is 0.349 e. The van der Waals surface area contributed by atoms with Crippen LogP contribution in [-0.4, -0.2) is 50.2 Å². The van der Waals surface area contributed by atoms with E-state index in [9.17, 15) is 22.4 Å². The normalized spacial score (nSPS) is 18.4. The van der Waals surface area contributed by atoms with Crippen LogP contribution in [0.5, 0.6) is 0 Å². The van der Waals surface area contributed by atoms with E-state index < -0.39 is 15.8 Å². The van der Waals surface area contributed by atoms with Gasteiger partial charge in [0.2, 0.25) is 15.9 Å². The molecule has 2 aliphatic heterocycles. The van der Waals surface area contributed by atoms with Crippen molar-refractivity contribution in [3.63, 3.8) is 0 Å². The first-order valence-electron chi connectivity index (χ1n) is 10.3. The Morgan fingerprint density at radius 1 is 0.968 bits per heavy atom. The molecule has 0 saturated carbocycles. The Balaban J connectivity index is 1.35. The first-order chi connectivity index (χ1) is 14.8. The fourth-order valence-corrected chi connectivity index (χ4v) is 5.45. The Labute approximate surface area is 180 Å². The summed E-state index contributed by atoms with van der Waals surface area (Å²) in [5, 5.41) is 2.89. The highest BCUT2D eigenvalue weighted by Crippen LogP contribution is 2.26. The van der Waals surface area contributed by atoms with Crippen LogP contribution in [0.15, 0.2) is 53.4 Å². The summed E-state index contributed by atoms with van der Waals surface area (Å²) in [6, 6.07) is 11.6. The lowest BCUT2D eigenvalue weighted by Gasteiger charge is -2.31. The molecule has 2 aromatic carbocycles. The maximum atomic E-state index is 13.0. The zero-order valence-corrected chi connectivity index (χ0v) is 17.8. The van der Waals surface area contributed by atoms with Crippen molar-refractivity contribution < 1.29 is 22.4 Å². The highest BCUT2D eigenvalue weighted by molar-refractivity contribution is 7.89. The molecule has 2 aliphatic rings. The van der Waals surface area contributed by atoms with Crippen molar-refractivity contribution in [3.05, 3.63) is 59.9 Å². The van der Waals surface area contributed by atoms with Gasteiger partial charge in [0, 0.05) is 43.3 Å². The fraction of sp³-hybridized carbons (Fsp3) is 0.364. The molecule has 0 radical (unpaired) electrons. The van der Waals surface area contributed by atoms with Gasteiger partial charge in [-0.05, 0) is 67.8 Å². The van der Waals surface area contributed by atoms with E-state index in [1.807, 2.05) is 0 Å². The number of nitrogens with one attached hydrogen (secondary N) is 1. The lowest BCUT2D eigenvalue weighted by molar-refractivity contribution is -0.117. The van der Waals surface area contributed by atoms with Gasteiger partial charge in [0.1, 0.15) is 5.82 Å². The highest BCUT2D eigenvalue weighted by atomic mass is 32.2. The Hall–Kier alpha value is -2.78. The first-order valence-corrected chi connectivity index (χ1v) is 11.8. The first kappa shape index (κ1) is 21.5. The number of amides is 2. The average Bonchev–Trinajstić information content (AvgIpc) is 3.20. The van der Waals surface area contributed by atoms with E-state index in [0.717, 1.165) is 6.42 Å². The summed E-state index contributed by atoms with van der Waals surface area (Å²) in [5.41, 5.74) is 1.08. The predicted molar refractivity (Wildman–Crippen MR) is 114 cm³/mol. The zero-order chi connectivity index (χ0) is 22.0. The van der Waals surface area contributed by atoms with Gasteiger partial charge in [-0.25, -0.2) is 12.8 Å². The van der Waals surface area contributed by atoms with Gasteiger partial charge in [0.05, 0.1) is 4.90 Å². The summed E-state index contributed by atoms with van der Waals surface area (Å²) in [5.74, 6) is -0.649. The lowest BCUT2D eigenvalue weighted by Crippen LogP contribution is -2.46. The topological polar surface area (TPSA) is 86.8 Å². The minimum atomic E-state index is -3.65. The molecule has 2 saturated heterocycles. The van der Waals surface area contributed by atoms with Gasteiger partial charge in [0.25, 0.3) is 5.91 Å². The number of piperidine rings is 1. The standard InChI is InChI=1S/C22H24FN3O4S/c23-17-5-3-16(4-6-17)22(28)24-18-11-14-25(15-12-18)31(29,30)20-9-7-19(8-10-20)26-13-1-2-21(26)27/h3-10,18H,1-2,11-15H2,(H,24,28). The lowest BCUT2D eigenvalue weighted by atomic mass is 10.1. The summed E-state index contributed by atoms with van der Waals surface area (Å²) >= 11 is 0. The molecule has 0 bridgehead atoms. The van der Waals surface area contributed by atoms with Crippen LogP contribution in [0.25, 0.3) is 0 Å². The predicted octanol–water partition coefficient (Wildman–Crippen LogP) is 2.54. The third kappa shape index (κ3) is 4.62. The van der Waals surface area contributed by atoms with Crippen molar-refractivity contribution in [3.8, 4) is 0 Å². The number of carbonyl (C=O) groups excluding carboxylic acids is 2. The molecule has 0 aromatic heterocycles. The summed E-state index contributed by atoms with van der Waals surface area (Å²) in [6.07, 6.45) is 2.32. The molecule has 0 atom stereocenters. The number of carbonyl (C=O) groups is 2. The van der Waals surface area contributed by atoms with Crippen LogP contribution in [0.1, 0.15) is 36.0 Å².